The second kappa shape index (κ2) is 6.95. The van der Waals surface area contributed by atoms with Crippen LogP contribution in [0.5, 0.6) is 0 Å². The summed E-state index contributed by atoms with van der Waals surface area (Å²) in [5.74, 6) is 0. The van der Waals surface area contributed by atoms with Gasteiger partial charge in [-0.3, -0.25) is 10.1 Å². The maximum atomic E-state index is 10.4. The maximum Gasteiger partial charge on any atom is 0.269 e. The van der Waals surface area contributed by atoms with Crippen molar-refractivity contribution in [3.63, 3.8) is 0 Å². The monoisotopic (exact) mass is 222 g/mol. The average molecular weight is 222 g/mol. The first-order valence-electron chi connectivity index (χ1n) is 5.68. The topological polar surface area (TPSA) is 55.2 Å². The quantitative estimate of drug-likeness (QED) is 0.438. The van der Waals surface area contributed by atoms with Gasteiger partial charge in [-0.05, 0) is 37.9 Å². The first kappa shape index (κ1) is 12.6. The zero-order valence-electron chi connectivity index (χ0n) is 9.61. The van der Waals surface area contributed by atoms with Gasteiger partial charge in [0.15, 0.2) is 0 Å². The fourth-order valence-corrected chi connectivity index (χ4v) is 1.54. The minimum absolute atomic E-state index is 0.163. The summed E-state index contributed by atoms with van der Waals surface area (Å²) in [7, 11) is 0. The third kappa shape index (κ3) is 4.40. The first-order valence-corrected chi connectivity index (χ1v) is 5.68. The Bertz CT molecular complexity index is 322. The smallest absolute Gasteiger partial charge is 0.269 e. The summed E-state index contributed by atoms with van der Waals surface area (Å²) in [6.45, 7) is 4.15. The third-order valence-corrected chi connectivity index (χ3v) is 2.47. The Morgan fingerprint density at radius 3 is 2.50 bits per heavy atom. The predicted octanol–water partition coefficient (Wildman–Crippen LogP) is 2.53. The largest absolute Gasteiger partial charge is 0.317 e. The van der Waals surface area contributed by atoms with Crippen LogP contribution in [0.2, 0.25) is 0 Å². The van der Waals surface area contributed by atoms with Crippen molar-refractivity contribution in [3.8, 4) is 0 Å². The van der Waals surface area contributed by atoms with Gasteiger partial charge in [0.25, 0.3) is 5.69 Å². The van der Waals surface area contributed by atoms with Gasteiger partial charge < -0.3 is 5.32 Å². The van der Waals surface area contributed by atoms with Crippen molar-refractivity contribution in [2.75, 3.05) is 13.1 Å². The molecule has 0 spiro atoms. The molecule has 0 aliphatic rings. The van der Waals surface area contributed by atoms with E-state index >= 15 is 0 Å². The molecule has 0 radical (unpaired) electrons. The molecule has 88 valence electrons. The molecule has 0 heterocycles. The maximum absolute atomic E-state index is 10.4. The van der Waals surface area contributed by atoms with Crippen molar-refractivity contribution in [3.05, 3.63) is 39.9 Å². The van der Waals surface area contributed by atoms with Crippen LogP contribution in [-0.4, -0.2) is 18.0 Å². The van der Waals surface area contributed by atoms with E-state index in [1.807, 2.05) is 12.1 Å². The lowest BCUT2D eigenvalue weighted by Crippen LogP contribution is -2.13. The van der Waals surface area contributed by atoms with Gasteiger partial charge in [0.1, 0.15) is 0 Å². The Hall–Kier alpha value is -1.42. The predicted molar refractivity (Wildman–Crippen MR) is 64.6 cm³/mol. The number of nitro benzene ring substituents is 1. The highest BCUT2D eigenvalue weighted by atomic mass is 16.6. The average Bonchev–Trinajstić information content (AvgIpc) is 2.29. The van der Waals surface area contributed by atoms with Gasteiger partial charge in [-0.2, -0.15) is 0 Å². The highest BCUT2D eigenvalue weighted by Gasteiger charge is 2.03. The molecule has 0 fully saturated rings. The number of nitrogens with zero attached hydrogens (tertiary/aromatic N) is 1. The lowest BCUT2D eigenvalue weighted by atomic mass is 10.1. The number of rotatable bonds is 7. The van der Waals surface area contributed by atoms with Crippen LogP contribution in [0.1, 0.15) is 25.3 Å². The molecular weight excluding hydrogens is 204 g/mol. The summed E-state index contributed by atoms with van der Waals surface area (Å²) in [4.78, 5) is 10.1. The number of aryl methyl sites for hydroxylation is 1. The van der Waals surface area contributed by atoms with E-state index in [-0.39, 0.29) is 10.6 Å². The van der Waals surface area contributed by atoms with E-state index in [4.69, 9.17) is 0 Å². The number of hydrogen-bond donors (Lipinski definition) is 1. The number of benzene rings is 1. The van der Waals surface area contributed by atoms with E-state index in [1.54, 1.807) is 12.1 Å². The van der Waals surface area contributed by atoms with Crippen LogP contribution in [0.4, 0.5) is 5.69 Å². The van der Waals surface area contributed by atoms with Crippen LogP contribution >= 0.6 is 0 Å². The first-order chi connectivity index (χ1) is 7.74. The van der Waals surface area contributed by atoms with Crippen molar-refractivity contribution in [2.24, 2.45) is 0 Å². The Labute approximate surface area is 95.8 Å². The molecule has 0 saturated carbocycles. The molecule has 4 heteroatoms. The third-order valence-electron chi connectivity index (χ3n) is 2.47. The van der Waals surface area contributed by atoms with Gasteiger partial charge in [-0.25, -0.2) is 0 Å². The molecule has 0 aromatic heterocycles. The molecule has 0 aliphatic heterocycles. The molecule has 0 saturated heterocycles. The molecule has 1 aromatic carbocycles. The molecule has 0 bridgehead atoms. The standard InChI is InChI=1S/C12H18N2O2/c1-2-13-10-4-3-5-11-6-8-12(9-7-11)14(15)16/h6-9,13H,2-5,10H2,1H3. The number of nitrogens with one attached hydrogen (secondary N) is 1. The summed E-state index contributed by atoms with van der Waals surface area (Å²) in [5.41, 5.74) is 1.33. The summed E-state index contributed by atoms with van der Waals surface area (Å²) in [6.07, 6.45) is 3.25. The van der Waals surface area contributed by atoms with Crippen LogP contribution in [0.3, 0.4) is 0 Å². The van der Waals surface area contributed by atoms with Gasteiger partial charge in [0, 0.05) is 12.1 Å². The van der Waals surface area contributed by atoms with Crippen molar-refractivity contribution < 1.29 is 4.92 Å². The molecule has 1 aromatic rings. The molecule has 0 aliphatic carbocycles. The summed E-state index contributed by atoms with van der Waals surface area (Å²) >= 11 is 0. The van der Waals surface area contributed by atoms with Crippen LogP contribution < -0.4 is 5.32 Å². The van der Waals surface area contributed by atoms with Gasteiger partial charge in [0.2, 0.25) is 0 Å². The highest BCUT2D eigenvalue weighted by molar-refractivity contribution is 5.32. The van der Waals surface area contributed by atoms with Gasteiger partial charge in [-0.1, -0.05) is 19.1 Å². The second-order valence-electron chi connectivity index (χ2n) is 3.73. The van der Waals surface area contributed by atoms with E-state index in [1.165, 1.54) is 5.56 Å². The van der Waals surface area contributed by atoms with Gasteiger partial charge in [0.05, 0.1) is 4.92 Å². The summed E-state index contributed by atoms with van der Waals surface area (Å²) in [5, 5.41) is 13.7. The summed E-state index contributed by atoms with van der Waals surface area (Å²) in [6, 6.07) is 6.82. The molecular formula is C12H18N2O2. The molecule has 1 N–H and O–H groups in total. The molecule has 16 heavy (non-hydrogen) atoms. The molecule has 0 atom stereocenters. The number of hydrogen-bond acceptors (Lipinski definition) is 3. The number of unbranched alkanes of at least 4 members (excludes halogenated alkanes) is 1. The Morgan fingerprint density at radius 1 is 1.25 bits per heavy atom. The van der Waals surface area contributed by atoms with Crippen LogP contribution in [-0.2, 0) is 6.42 Å². The lowest BCUT2D eigenvalue weighted by Gasteiger charge is -2.02. The van der Waals surface area contributed by atoms with Crippen LogP contribution in [0.25, 0.3) is 0 Å². The van der Waals surface area contributed by atoms with Gasteiger partial charge >= 0.3 is 0 Å². The van der Waals surface area contributed by atoms with E-state index < -0.39 is 0 Å². The summed E-state index contributed by atoms with van der Waals surface area (Å²) < 4.78 is 0. The fraction of sp³-hybridized carbons (Fsp3) is 0.500. The zero-order valence-corrected chi connectivity index (χ0v) is 9.61. The van der Waals surface area contributed by atoms with E-state index in [9.17, 15) is 10.1 Å². The Balaban J connectivity index is 2.29. The fourth-order valence-electron chi connectivity index (χ4n) is 1.54. The molecule has 1 rings (SSSR count). The van der Waals surface area contributed by atoms with Crippen LogP contribution in [0, 0.1) is 10.1 Å². The second-order valence-corrected chi connectivity index (χ2v) is 3.73. The number of nitro groups is 1. The van der Waals surface area contributed by atoms with Crippen molar-refractivity contribution in [1.82, 2.24) is 5.32 Å². The molecule has 0 amide bonds. The zero-order chi connectivity index (χ0) is 11.8. The SMILES string of the molecule is CCNCCCCc1ccc([N+](=O)[O-])cc1. The highest BCUT2D eigenvalue weighted by Crippen LogP contribution is 2.13. The van der Waals surface area contributed by atoms with Crippen LogP contribution in [0.15, 0.2) is 24.3 Å². The Morgan fingerprint density at radius 2 is 1.94 bits per heavy atom. The Kier molecular flexibility index (Phi) is 5.50. The van der Waals surface area contributed by atoms with E-state index in [0.717, 1.165) is 32.4 Å². The van der Waals surface area contributed by atoms with Crippen molar-refractivity contribution in [2.45, 2.75) is 26.2 Å². The molecule has 4 nitrogen and oxygen atoms in total. The van der Waals surface area contributed by atoms with Crippen molar-refractivity contribution >= 4 is 5.69 Å². The normalized spacial score (nSPS) is 10.3. The minimum Gasteiger partial charge on any atom is -0.317 e. The minimum atomic E-state index is -0.366. The van der Waals surface area contributed by atoms with E-state index in [2.05, 4.69) is 12.2 Å². The lowest BCUT2D eigenvalue weighted by molar-refractivity contribution is -0.384. The van der Waals surface area contributed by atoms with Gasteiger partial charge in [-0.15, -0.1) is 0 Å². The molecule has 0 unspecified atom stereocenters. The van der Waals surface area contributed by atoms with E-state index in [0.29, 0.717) is 0 Å². The van der Waals surface area contributed by atoms with Crippen molar-refractivity contribution in [1.29, 1.82) is 0 Å². The number of non-ortho nitro benzene ring substituents is 1.